The third-order valence-corrected chi connectivity index (χ3v) is 6.40. The van der Waals surface area contributed by atoms with Crippen molar-refractivity contribution in [3.8, 4) is 0 Å². The lowest BCUT2D eigenvalue weighted by molar-refractivity contribution is -0.138. The van der Waals surface area contributed by atoms with Crippen molar-refractivity contribution in [2.24, 2.45) is 0 Å². The number of aryl methyl sites for hydroxylation is 2. The van der Waals surface area contributed by atoms with Gasteiger partial charge in [0.05, 0.1) is 0 Å². The quantitative estimate of drug-likeness (QED) is 0.286. The van der Waals surface area contributed by atoms with Gasteiger partial charge in [-0.25, -0.2) is 4.79 Å². The summed E-state index contributed by atoms with van der Waals surface area (Å²) in [6.45, 7) is 11.4. The van der Waals surface area contributed by atoms with Gasteiger partial charge in [-0.15, -0.1) is 0 Å². The van der Waals surface area contributed by atoms with E-state index in [1.165, 1.54) is 0 Å². The Morgan fingerprint density at radius 1 is 0.923 bits per heavy atom. The highest BCUT2D eigenvalue weighted by Crippen LogP contribution is 2.28. The molecule has 0 aliphatic heterocycles. The zero-order valence-electron chi connectivity index (χ0n) is 24.0. The van der Waals surface area contributed by atoms with Gasteiger partial charge in [0, 0.05) is 12.2 Å². The molecule has 0 radical (unpaired) electrons. The topological polar surface area (TPSA) is 87.7 Å². The molecule has 0 aliphatic carbocycles. The molecule has 7 heteroatoms. The third kappa shape index (κ3) is 8.57. The van der Waals surface area contributed by atoms with Gasteiger partial charge in [-0.1, -0.05) is 73.9 Å². The van der Waals surface area contributed by atoms with Gasteiger partial charge in [0.1, 0.15) is 18.2 Å². The summed E-state index contributed by atoms with van der Waals surface area (Å²) >= 11 is 0. The minimum Gasteiger partial charge on any atom is -0.444 e. The maximum absolute atomic E-state index is 14.0. The molecule has 1 atom stereocenters. The van der Waals surface area contributed by atoms with E-state index in [4.69, 9.17) is 4.74 Å². The lowest BCUT2D eigenvalue weighted by Crippen LogP contribution is -2.47. The third-order valence-electron chi connectivity index (χ3n) is 6.40. The second-order valence-electron chi connectivity index (χ2n) is 11.0. The molecule has 0 bridgehead atoms. The number of benzene rings is 3. The van der Waals surface area contributed by atoms with E-state index >= 15 is 0 Å². The number of ether oxygens (including phenoxy) is 1. The van der Waals surface area contributed by atoms with Gasteiger partial charge in [-0.05, 0) is 75.1 Å². The highest BCUT2D eigenvalue weighted by Gasteiger charge is 2.32. The summed E-state index contributed by atoms with van der Waals surface area (Å²) in [5.41, 5.74) is 2.71. The van der Waals surface area contributed by atoms with Crippen molar-refractivity contribution < 1.29 is 19.1 Å². The van der Waals surface area contributed by atoms with E-state index in [2.05, 4.69) is 17.6 Å². The number of nitrogens with one attached hydrogen (secondary N) is 2. The molecule has 7 nitrogen and oxygen atoms in total. The molecule has 1 unspecified atom stereocenters. The van der Waals surface area contributed by atoms with Crippen molar-refractivity contribution in [2.75, 3.05) is 18.4 Å². The van der Waals surface area contributed by atoms with Crippen molar-refractivity contribution in [1.29, 1.82) is 0 Å². The number of rotatable bonds is 10. The van der Waals surface area contributed by atoms with Crippen LogP contribution in [0.1, 0.15) is 69.7 Å². The van der Waals surface area contributed by atoms with Crippen LogP contribution in [0.5, 0.6) is 0 Å². The fourth-order valence-corrected chi connectivity index (χ4v) is 4.55. The molecular formula is C32H41N3O4. The number of carbonyl (C=O) groups excluding carboxylic acids is 3. The summed E-state index contributed by atoms with van der Waals surface area (Å²) < 4.78 is 5.31. The van der Waals surface area contributed by atoms with Crippen LogP contribution >= 0.6 is 0 Å². The number of hydrogen-bond donors (Lipinski definition) is 2. The van der Waals surface area contributed by atoms with Crippen molar-refractivity contribution >= 4 is 34.4 Å². The Hall–Kier alpha value is -3.87. The fraction of sp³-hybridized carbons (Fsp3) is 0.406. The molecule has 0 spiro atoms. The predicted octanol–water partition coefficient (Wildman–Crippen LogP) is 6.68. The average Bonchev–Trinajstić information content (AvgIpc) is 2.86. The van der Waals surface area contributed by atoms with Crippen LogP contribution < -0.4 is 10.6 Å². The maximum atomic E-state index is 14.0. The molecule has 0 fully saturated rings. The summed E-state index contributed by atoms with van der Waals surface area (Å²) in [7, 11) is 0. The van der Waals surface area contributed by atoms with Crippen LogP contribution in [0.2, 0.25) is 0 Å². The zero-order valence-corrected chi connectivity index (χ0v) is 24.0. The molecule has 208 valence electrons. The second-order valence-corrected chi connectivity index (χ2v) is 11.0. The molecule has 0 saturated heterocycles. The highest BCUT2D eigenvalue weighted by atomic mass is 16.6. The number of alkyl carbamates (subject to hydrolysis) is 1. The number of fused-ring (bicyclic) bond motifs is 1. The summed E-state index contributed by atoms with van der Waals surface area (Å²) in [6.07, 6.45) is 1.94. The van der Waals surface area contributed by atoms with Gasteiger partial charge >= 0.3 is 6.09 Å². The number of hydrogen-bond acceptors (Lipinski definition) is 4. The van der Waals surface area contributed by atoms with Gasteiger partial charge in [0.15, 0.2) is 0 Å². The second kappa shape index (κ2) is 13.3. The highest BCUT2D eigenvalue weighted by molar-refractivity contribution is 6.00. The van der Waals surface area contributed by atoms with Gasteiger partial charge in [-0.3, -0.25) is 9.59 Å². The Morgan fingerprint density at radius 2 is 1.64 bits per heavy atom. The molecule has 0 aromatic heterocycles. The van der Waals surface area contributed by atoms with Gasteiger partial charge in [0.2, 0.25) is 5.91 Å². The van der Waals surface area contributed by atoms with Crippen LogP contribution in [0.4, 0.5) is 10.5 Å². The van der Waals surface area contributed by atoms with E-state index in [9.17, 15) is 14.4 Å². The molecule has 39 heavy (non-hydrogen) atoms. The molecule has 3 aromatic carbocycles. The van der Waals surface area contributed by atoms with E-state index in [0.717, 1.165) is 46.7 Å². The Morgan fingerprint density at radius 3 is 2.31 bits per heavy atom. The van der Waals surface area contributed by atoms with E-state index in [1.54, 1.807) is 25.7 Å². The zero-order chi connectivity index (χ0) is 28.6. The summed E-state index contributed by atoms with van der Waals surface area (Å²) in [5.74, 6) is -0.657. The number of nitrogens with zero attached hydrogens (tertiary/aromatic N) is 1. The van der Waals surface area contributed by atoms with Crippen molar-refractivity contribution in [1.82, 2.24) is 10.2 Å². The number of unbranched alkanes of at least 4 members (excludes halogenated alkanes) is 2. The van der Waals surface area contributed by atoms with Crippen LogP contribution in [0.15, 0.2) is 60.7 Å². The van der Waals surface area contributed by atoms with Gasteiger partial charge in [-0.2, -0.15) is 0 Å². The smallest absolute Gasteiger partial charge is 0.408 e. The Kier molecular flexibility index (Phi) is 10.1. The van der Waals surface area contributed by atoms with Gasteiger partial charge < -0.3 is 20.3 Å². The number of amides is 3. The molecule has 0 heterocycles. The van der Waals surface area contributed by atoms with E-state index in [-0.39, 0.29) is 18.4 Å². The Bertz CT molecular complexity index is 1310. The Labute approximate surface area is 231 Å². The maximum Gasteiger partial charge on any atom is 0.408 e. The van der Waals surface area contributed by atoms with E-state index in [1.807, 2.05) is 74.5 Å². The molecule has 0 saturated carbocycles. The lowest BCUT2D eigenvalue weighted by Gasteiger charge is -2.32. The number of anilines is 1. The number of carbonyl (C=O) groups is 3. The molecule has 3 rings (SSSR count). The SMILES string of the molecule is CCCCCN(C(=O)CNC(=O)OC(C)(C)C)C(C(=O)Nc1ccc2ccccc2c1)c1ccc(C)cc1C. The molecule has 0 aliphatic rings. The van der Waals surface area contributed by atoms with Crippen LogP contribution in [-0.4, -0.2) is 41.5 Å². The minimum absolute atomic E-state index is 0.272. The van der Waals surface area contributed by atoms with Crippen LogP contribution in [0, 0.1) is 13.8 Å². The minimum atomic E-state index is -0.873. The standard InChI is InChI=1S/C32H41N3O4/c1-7-8-11-18-35(28(36)21-33-31(38)39-32(4,5)6)29(27-17-14-22(2)19-23(27)3)30(37)34-26-16-15-24-12-9-10-13-25(24)20-26/h9-10,12-17,19-20,29H,7-8,11,18,21H2,1-6H3,(H,33,38)(H,34,37). The first kappa shape index (κ1) is 29.7. The molecular weight excluding hydrogens is 490 g/mol. The summed E-state index contributed by atoms with van der Waals surface area (Å²) in [5, 5.41) is 7.70. The van der Waals surface area contributed by atoms with E-state index in [0.29, 0.717) is 12.2 Å². The average molecular weight is 532 g/mol. The van der Waals surface area contributed by atoms with Crippen LogP contribution in [0.3, 0.4) is 0 Å². The molecule has 2 N–H and O–H groups in total. The van der Waals surface area contributed by atoms with Crippen LogP contribution in [-0.2, 0) is 14.3 Å². The first-order chi connectivity index (χ1) is 18.5. The first-order valence-electron chi connectivity index (χ1n) is 13.6. The molecule has 3 aromatic rings. The molecule has 3 amide bonds. The normalized spacial score (nSPS) is 12.1. The first-order valence-corrected chi connectivity index (χ1v) is 13.6. The monoisotopic (exact) mass is 531 g/mol. The van der Waals surface area contributed by atoms with E-state index < -0.39 is 17.7 Å². The van der Waals surface area contributed by atoms with Crippen LogP contribution in [0.25, 0.3) is 10.8 Å². The fourth-order valence-electron chi connectivity index (χ4n) is 4.55. The lowest BCUT2D eigenvalue weighted by atomic mass is 9.96. The summed E-state index contributed by atoms with van der Waals surface area (Å²) in [6, 6.07) is 18.7. The summed E-state index contributed by atoms with van der Waals surface area (Å²) in [4.78, 5) is 41.4. The van der Waals surface area contributed by atoms with Crippen molar-refractivity contribution in [3.63, 3.8) is 0 Å². The van der Waals surface area contributed by atoms with Crippen molar-refractivity contribution in [2.45, 2.75) is 72.4 Å². The van der Waals surface area contributed by atoms with Gasteiger partial charge in [0.25, 0.3) is 5.91 Å². The largest absolute Gasteiger partial charge is 0.444 e. The predicted molar refractivity (Wildman–Crippen MR) is 157 cm³/mol. The Balaban J connectivity index is 1.95. The van der Waals surface area contributed by atoms with Crippen molar-refractivity contribution in [3.05, 3.63) is 77.4 Å².